The Labute approximate surface area is 129 Å². The summed E-state index contributed by atoms with van der Waals surface area (Å²) in [5, 5.41) is 7.75. The Morgan fingerprint density at radius 2 is 2.25 bits per heavy atom. The second-order valence-electron chi connectivity index (χ2n) is 6.37. The molecular formula is C15H24BrN3O. The van der Waals surface area contributed by atoms with E-state index in [-0.39, 0.29) is 5.56 Å². The minimum Gasteiger partial charge on any atom is -0.380 e. The number of hydrogen-bond donors (Lipinski definition) is 1. The summed E-state index contributed by atoms with van der Waals surface area (Å²) in [5.74, 6) is 1.17. The number of halogens is 1. The fourth-order valence-corrected chi connectivity index (χ4v) is 3.25. The average molecular weight is 342 g/mol. The van der Waals surface area contributed by atoms with Gasteiger partial charge in [-0.15, -0.1) is 0 Å². The van der Waals surface area contributed by atoms with Gasteiger partial charge >= 0.3 is 0 Å². The molecule has 1 aliphatic carbocycles. The van der Waals surface area contributed by atoms with Crippen LogP contribution in [0.25, 0.3) is 0 Å². The molecule has 2 unspecified atom stereocenters. The van der Waals surface area contributed by atoms with Gasteiger partial charge in [-0.25, -0.2) is 4.68 Å². The number of anilines is 1. The SMILES string of the molecule is CC(C)Cn1ncc(NC2CCCC(C)C2)c(Br)c1=O. The van der Waals surface area contributed by atoms with Crippen LogP contribution in [0.4, 0.5) is 5.69 Å². The largest absolute Gasteiger partial charge is 0.380 e. The Hall–Kier alpha value is -0.840. The third kappa shape index (κ3) is 3.84. The zero-order chi connectivity index (χ0) is 14.7. The molecule has 0 saturated heterocycles. The van der Waals surface area contributed by atoms with Crippen molar-refractivity contribution in [1.29, 1.82) is 0 Å². The van der Waals surface area contributed by atoms with Crippen molar-refractivity contribution in [3.63, 3.8) is 0 Å². The molecule has 2 atom stereocenters. The predicted molar refractivity (Wildman–Crippen MR) is 86.1 cm³/mol. The second-order valence-corrected chi connectivity index (χ2v) is 7.16. The molecule has 1 fully saturated rings. The minimum atomic E-state index is -0.0486. The lowest BCUT2D eigenvalue weighted by atomic mass is 9.87. The van der Waals surface area contributed by atoms with Crippen LogP contribution < -0.4 is 10.9 Å². The van der Waals surface area contributed by atoms with E-state index >= 15 is 0 Å². The highest BCUT2D eigenvalue weighted by molar-refractivity contribution is 9.10. The van der Waals surface area contributed by atoms with Gasteiger partial charge in [0.2, 0.25) is 0 Å². The average Bonchev–Trinajstić information content (AvgIpc) is 2.38. The molecule has 1 heterocycles. The fraction of sp³-hybridized carbons (Fsp3) is 0.733. The molecule has 112 valence electrons. The lowest BCUT2D eigenvalue weighted by Gasteiger charge is -2.28. The van der Waals surface area contributed by atoms with Crippen LogP contribution in [0.15, 0.2) is 15.5 Å². The van der Waals surface area contributed by atoms with Crippen molar-refractivity contribution < 1.29 is 0 Å². The van der Waals surface area contributed by atoms with Crippen LogP contribution in [-0.2, 0) is 6.54 Å². The molecule has 1 N–H and O–H groups in total. The van der Waals surface area contributed by atoms with Crippen molar-refractivity contribution in [2.45, 2.75) is 59.0 Å². The van der Waals surface area contributed by atoms with Crippen LogP contribution in [0, 0.1) is 11.8 Å². The van der Waals surface area contributed by atoms with Crippen molar-refractivity contribution in [2.24, 2.45) is 11.8 Å². The van der Waals surface area contributed by atoms with Gasteiger partial charge in [-0.1, -0.05) is 33.6 Å². The number of nitrogens with one attached hydrogen (secondary N) is 1. The Morgan fingerprint density at radius 1 is 1.50 bits per heavy atom. The lowest BCUT2D eigenvalue weighted by molar-refractivity contribution is 0.358. The fourth-order valence-electron chi connectivity index (χ4n) is 2.83. The molecule has 4 nitrogen and oxygen atoms in total. The number of aromatic nitrogens is 2. The second kappa shape index (κ2) is 6.74. The maximum absolute atomic E-state index is 12.2. The van der Waals surface area contributed by atoms with Gasteiger partial charge in [0.25, 0.3) is 5.56 Å². The smallest absolute Gasteiger partial charge is 0.283 e. The van der Waals surface area contributed by atoms with Crippen molar-refractivity contribution in [2.75, 3.05) is 5.32 Å². The zero-order valence-corrected chi connectivity index (χ0v) is 14.1. The molecule has 0 spiro atoms. The van der Waals surface area contributed by atoms with Crippen LogP contribution in [0.1, 0.15) is 46.5 Å². The monoisotopic (exact) mass is 341 g/mol. The highest BCUT2D eigenvalue weighted by Crippen LogP contribution is 2.27. The molecule has 1 aromatic rings. The molecule has 5 heteroatoms. The van der Waals surface area contributed by atoms with Crippen molar-refractivity contribution in [3.8, 4) is 0 Å². The third-order valence-corrected chi connectivity index (χ3v) is 4.59. The van der Waals surface area contributed by atoms with Gasteiger partial charge < -0.3 is 5.32 Å². The van der Waals surface area contributed by atoms with Crippen molar-refractivity contribution in [1.82, 2.24) is 9.78 Å². The summed E-state index contributed by atoms with van der Waals surface area (Å²) in [6, 6.07) is 0.456. The van der Waals surface area contributed by atoms with Crippen LogP contribution in [0.5, 0.6) is 0 Å². The highest BCUT2D eigenvalue weighted by atomic mass is 79.9. The summed E-state index contributed by atoms with van der Waals surface area (Å²) in [7, 11) is 0. The maximum Gasteiger partial charge on any atom is 0.283 e. The van der Waals surface area contributed by atoms with E-state index in [2.05, 4.69) is 47.1 Å². The van der Waals surface area contributed by atoms with E-state index in [0.717, 1.165) is 11.6 Å². The summed E-state index contributed by atoms with van der Waals surface area (Å²) in [6.07, 6.45) is 6.68. The van der Waals surface area contributed by atoms with Crippen LogP contribution in [-0.4, -0.2) is 15.8 Å². The summed E-state index contributed by atoms with van der Waals surface area (Å²) < 4.78 is 2.13. The summed E-state index contributed by atoms with van der Waals surface area (Å²) in [4.78, 5) is 12.2. The molecule has 1 aromatic heterocycles. The Balaban J connectivity index is 2.13. The molecule has 0 radical (unpaired) electrons. The zero-order valence-electron chi connectivity index (χ0n) is 12.5. The van der Waals surface area contributed by atoms with Crippen molar-refractivity contribution >= 4 is 21.6 Å². The topological polar surface area (TPSA) is 46.9 Å². The quantitative estimate of drug-likeness (QED) is 0.909. The van der Waals surface area contributed by atoms with E-state index < -0.39 is 0 Å². The van der Waals surface area contributed by atoms with Crippen LogP contribution in [0.2, 0.25) is 0 Å². The first kappa shape index (κ1) is 15.5. The summed E-state index contributed by atoms with van der Waals surface area (Å²) in [6.45, 7) is 7.11. The first-order chi connectivity index (χ1) is 9.47. The highest BCUT2D eigenvalue weighted by Gasteiger charge is 2.20. The normalized spacial score (nSPS) is 23.1. The molecule has 0 aromatic carbocycles. The van der Waals surface area contributed by atoms with Gasteiger partial charge in [0.05, 0.1) is 11.9 Å². The number of hydrogen-bond acceptors (Lipinski definition) is 3. The molecule has 0 aliphatic heterocycles. The molecule has 20 heavy (non-hydrogen) atoms. The first-order valence-electron chi connectivity index (χ1n) is 7.49. The first-order valence-corrected chi connectivity index (χ1v) is 8.28. The molecular weight excluding hydrogens is 318 g/mol. The Morgan fingerprint density at radius 3 is 2.90 bits per heavy atom. The van der Waals surface area contributed by atoms with Gasteiger partial charge in [-0.3, -0.25) is 4.79 Å². The van der Waals surface area contributed by atoms with E-state index in [1.165, 1.54) is 30.4 Å². The van der Waals surface area contributed by atoms with Gasteiger partial charge in [0.1, 0.15) is 4.47 Å². The lowest BCUT2D eigenvalue weighted by Crippen LogP contribution is -2.30. The van der Waals surface area contributed by atoms with E-state index in [9.17, 15) is 4.79 Å². The third-order valence-electron chi connectivity index (χ3n) is 3.82. The molecule has 2 rings (SSSR count). The van der Waals surface area contributed by atoms with Gasteiger partial charge in [-0.2, -0.15) is 5.10 Å². The van der Waals surface area contributed by atoms with Gasteiger partial charge in [0.15, 0.2) is 0 Å². The summed E-state index contributed by atoms with van der Waals surface area (Å²) >= 11 is 3.43. The predicted octanol–water partition coefficient (Wildman–Crippen LogP) is 3.65. The molecule has 0 amide bonds. The van der Waals surface area contributed by atoms with E-state index in [1.807, 2.05) is 0 Å². The van der Waals surface area contributed by atoms with Crippen LogP contribution in [0.3, 0.4) is 0 Å². The van der Waals surface area contributed by atoms with E-state index in [1.54, 1.807) is 6.20 Å². The van der Waals surface area contributed by atoms with E-state index in [4.69, 9.17) is 0 Å². The molecule has 0 bridgehead atoms. The van der Waals surface area contributed by atoms with Crippen molar-refractivity contribution in [3.05, 3.63) is 21.0 Å². The Bertz CT molecular complexity index is 512. The molecule has 1 aliphatic rings. The van der Waals surface area contributed by atoms with E-state index in [0.29, 0.717) is 23.0 Å². The van der Waals surface area contributed by atoms with Gasteiger partial charge in [0, 0.05) is 12.6 Å². The summed E-state index contributed by atoms with van der Waals surface area (Å²) in [5.41, 5.74) is 0.779. The minimum absolute atomic E-state index is 0.0486. The maximum atomic E-state index is 12.2. The number of nitrogens with zero attached hydrogens (tertiary/aromatic N) is 2. The van der Waals surface area contributed by atoms with Gasteiger partial charge in [-0.05, 0) is 40.6 Å². The number of rotatable bonds is 4. The standard InChI is InChI=1S/C15H24BrN3O/c1-10(2)9-19-15(20)14(16)13(8-17-19)18-12-6-4-5-11(3)7-12/h8,10-12,18H,4-7,9H2,1-3H3. The van der Waals surface area contributed by atoms with Crippen LogP contribution >= 0.6 is 15.9 Å². The molecule has 1 saturated carbocycles. The Kier molecular flexibility index (Phi) is 5.24.